The van der Waals surface area contributed by atoms with Crippen molar-refractivity contribution in [2.75, 3.05) is 53.0 Å². The zero-order valence-electron chi connectivity index (χ0n) is 25.4. The third kappa shape index (κ3) is 8.08. The first-order chi connectivity index (χ1) is 21.2. The Balaban J connectivity index is 1.23. The minimum absolute atomic E-state index is 0.0853. The summed E-state index contributed by atoms with van der Waals surface area (Å²) in [6.07, 6.45) is 6.79. The van der Waals surface area contributed by atoms with Crippen LogP contribution in [0.25, 0.3) is 10.9 Å². The van der Waals surface area contributed by atoms with Gasteiger partial charge in [-0.3, -0.25) is 14.7 Å². The summed E-state index contributed by atoms with van der Waals surface area (Å²) < 4.78 is 52.4. The Morgan fingerprint density at radius 2 is 1.68 bits per heavy atom. The highest BCUT2D eigenvalue weighted by Gasteiger charge is 2.36. The Labute approximate surface area is 257 Å². The SMILES string of the molecule is COc1ccc2ncc(CN3CCOCC3)c(CCCC3(CC(=O)O)CCN(CCCc4c(F)cc(F)cc4F)CC3)c2c1. The number of rotatable bonds is 13. The number of pyridine rings is 1. The van der Waals surface area contributed by atoms with Crippen molar-refractivity contribution in [1.29, 1.82) is 0 Å². The van der Waals surface area contributed by atoms with Crippen molar-refractivity contribution < 1.29 is 32.5 Å². The van der Waals surface area contributed by atoms with Gasteiger partial charge in [-0.2, -0.15) is 0 Å². The maximum absolute atomic E-state index is 14.0. The largest absolute Gasteiger partial charge is 0.497 e. The van der Waals surface area contributed by atoms with Gasteiger partial charge in [-0.15, -0.1) is 0 Å². The molecule has 1 aromatic heterocycles. The molecule has 2 saturated heterocycles. The maximum Gasteiger partial charge on any atom is 0.303 e. The van der Waals surface area contributed by atoms with Crippen molar-refractivity contribution >= 4 is 16.9 Å². The van der Waals surface area contributed by atoms with Crippen LogP contribution in [0, 0.1) is 22.9 Å². The number of nitrogens with zero attached hydrogens (tertiary/aromatic N) is 3. The van der Waals surface area contributed by atoms with Gasteiger partial charge in [-0.05, 0) is 99.3 Å². The third-order valence-electron chi connectivity index (χ3n) is 9.36. The summed E-state index contributed by atoms with van der Waals surface area (Å²) in [6.45, 7) is 6.11. The molecule has 0 saturated carbocycles. The number of methoxy groups -OCH3 is 1. The topological polar surface area (TPSA) is 75.1 Å². The Bertz CT molecular complexity index is 1420. The number of carboxylic acid groups (broad SMARTS) is 1. The molecule has 0 atom stereocenters. The second-order valence-corrected chi connectivity index (χ2v) is 12.3. The first-order valence-electron chi connectivity index (χ1n) is 15.6. The summed E-state index contributed by atoms with van der Waals surface area (Å²) in [7, 11) is 1.66. The van der Waals surface area contributed by atoms with E-state index in [1.807, 2.05) is 18.3 Å². The molecular formula is C34H42F3N3O4. The van der Waals surface area contributed by atoms with Crippen molar-refractivity contribution in [3.63, 3.8) is 0 Å². The van der Waals surface area contributed by atoms with E-state index in [-0.39, 0.29) is 23.8 Å². The molecule has 238 valence electrons. The highest BCUT2D eigenvalue weighted by atomic mass is 19.1. The van der Waals surface area contributed by atoms with Crippen LogP contribution < -0.4 is 4.74 Å². The van der Waals surface area contributed by atoms with E-state index in [0.717, 1.165) is 107 Å². The molecule has 0 aliphatic carbocycles. The summed E-state index contributed by atoms with van der Waals surface area (Å²) in [5.74, 6) is -2.62. The molecule has 0 amide bonds. The lowest BCUT2D eigenvalue weighted by molar-refractivity contribution is -0.140. The minimum Gasteiger partial charge on any atom is -0.497 e. The molecule has 3 aromatic rings. The van der Waals surface area contributed by atoms with E-state index in [2.05, 4.69) is 15.9 Å². The molecule has 3 heterocycles. The monoisotopic (exact) mass is 613 g/mol. The average molecular weight is 614 g/mol. The number of piperidine rings is 1. The number of fused-ring (bicyclic) bond motifs is 1. The van der Waals surface area contributed by atoms with E-state index in [4.69, 9.17) is 14.5 Å². The molecular weight excluding hydrogens is 571 g/mol. The molecule has 0 unspecified atom stereocenters. The van der Waals surface area contributed by atoms with E-state index in [1.165, 1.54) is 11.1 Å². The van der Waals surface area contributed by atoms with E-state index >= 15 is 0 Å². The van der Waals surface area contributed by atoms with Crippen LogP contribution >= 0.6 is 0 Å². The van der Waals surface area contributed by atoms with Crippen LogP contribution in [0.2, 0.25) is 0 Å². The molecule has 2 aliphatic heterocycles. The number of ether oxygens (including phenoxy) is 2. The van der Waals surface area contributed by atoms with Crippen LogP contribution in [0.15, 0.2) is 36.5 Å². The number of aromatic nitrogens is 1. The number of aryl methyl sites for hydroxylation is 1. The first-order valence-corrected chi connectivity index (χ1v) is 15.6. The molecule has 0 spiro atoms. The molecule has 2 fully saturated rings. The fourth-order valence-electron chi connectivity index (χ4n) is 6.84. The minimum atomic E-state index is -0.917. The summed E-state index contributed by atoms with van der Waals surface area (Å²) >= 11 is 0. The van der Waals surface area contributed by atoms with Gasteiger partial charge < -0.3 is 19.5 Å². The lowest BCUT2D eigenvalue weighted by atomic mass is 9.71. The number of carboxylic acids is 1. The lowest BCUT2D eigenvalue weighted by Gasteiger charge is -2.41. The number of hydrogen-bond acceptors (Lipinski definition) is 6. The van der Waals surface area contributed by atoms with Crippen molar-refractivity contribution in [3.8, 4) is 5.75 Å². The second-order valence-electron chi connectivity index (χ2n) is 12.3. The Kier molecular flexibility index (Phi) is 10.8. The summed E-state index contributed by atoms with van der Waals surface area (Å²) in [4.78, 5) is 21.3. The predicted molar refractivity (Wildman–Crippen MR) is 162 cm³/mol. The van der Waals surface area contributed by atoms with Crippen LogP contribution in [0.3, 0.4) is 0 Å². The zero-order chi connectivity index (χ0) is 31.1. The number of benzene rings is 2. The molecule has 10 heteroatoms. The van der Waals surface area contributed by atoms with E-state index in [1.54, 1.807) is 7.11 Å². The number of morpholine rings is 1. The Hall–Kier alpha value is -3.21. The van der Waals surface area contributed by atoms with Crippen LogP contribution in [-0.2, 0) is 28.9 Å². The smallest absolute Gasteiger partial charge is 0.303 e. The maximum atomic E-state index is 14.0. The van der Waals surface area contributed by atoms with E-state index in [0.29, 0.717) is 13.0 Å². The van der Waals surface area contributed by atoms with Gasteiger partial charge in [0.05, 0.1) is 32.3 Å². The Morgan fingerprint density at radius 1 is 0.977 bits per heavy atom. The van der Waals surface area contributed by atoms with Crippen molar-refractivity contribution in [2.45, 2.75) is 57.9 Å². The second kappa shape index (κ2) is 14.7. The molecule has 5 rings (SSSR count). The Morgan fingerprint density at radius 3 is 2.36 bits per heavy atom. The highest BCUT2D eigenvalue weighted by molar-refractivity contribution is 5.84. The van der Waals surface area contributed by atoms with Crippen LogP contribution in [0.1, 0.15) is 55.2 Å². The summed E-state index contributed by atoms with van der Waals surface area (Å²) in [6, 6.07) is 7.39. The van der Waals surface area contributed by atoms with Crippen LogP contribution in [-0.4, -0.2) is 78.9 Å². The third-order valence-corrected chi connectivity index (χ3v) is 9.36. The average Bonchev–Trinajstić information content (AvgIpc) is 3.00. The molecule has 1 N–H and O–H groups in total. The lowest BCUT2D eigenvalue weighted by Crippen LogP contribution is -2.41. The van der Waals surface area contributed by atoms with E-state index < -0.39 is 23.4 Å². The predicted octanol–water partition coefficient (Wildman–Crippen LogP) is 6.01. The number of aliphatic carboxylic acids is 1. The molecule has 7 nitrogen and oxygen atoms in total. The van der Waals surface area contributed by atoms with Gasteiger partial charge in [0, 0.05) is 48.9 Å². The standard InChI is InChI=1S/C34H42F3N3O4/c1-43-26-6-7-32-29(20-26)27(24(22-38-32)23-40-14-16-44-17-15-40)4-2-8-34(21-33(41)42)9-12-39(13-10-34)11-3-5-28-30(36)18-25(35)19-31(28)37/h6-7,18-20,22H,2-5,8-17,21,23H2,1H3,(H,41,42). The molecule has 0 bridgehead atoms. The quantitative estimate of drug-likeness (QED) is 0.253. The first kappa shape index (κ1) is 32.2. The van der Waals surface area contributed by atoms with Gasteiger partial charge in [0.15, 0.2) is 0 Å². The van der Waals surface area contributed by atoms with Crippen molar-refractivity contribution in [2.24, 2.45) is 5.41 Å². The van der Waals surface area contributed by atoms with Gasteiger partial charge in [-0.25, -0.2) is 13.2 Å². The van der Waals surface area contributed by atoms with Crippen LogP contribution in [0.5, 0.6) is 5.75 Å². The van der Waals surface area contributed by atoms with Gasteiger partial charge in [-0.1, -0.05) is 0 Å². The van der Waals surface area contributed by atoms with Gasteiger partial charge >= 0.3 is 5.97 Å². The van der Waals surface area contributed by atoms with Gasteiger partial charge in [0.1, 0.15) is 23.2 Å². The highest BCUT2D eigenvalue weighted by Crippen LogP contribution is 2.40. The van der Waals surface area contributed by atoms with Crippen molar-refractivity contribution in [1.82, 2.24) is 14.8 Å². The number of likely N-dealkylation sites (tertiary alicyclic amines) is 1. The van der Waals surface area contributed by atoms with Crippen LogP contribution in [0.4, 0.5) is 13.2 Å². The fourth-order valence-corrected chi connectivity index (χ4v) is 6.84. The van der Waals surface area contributed by atoms with E-state index in [9.17, 15) is 23.1 Å². The molecule has 44 heavy (non-hydrogen) atoms. The molecule has 2 aliphatic rings. The fraction of sp³-hybridized carbons (Fsp3) is 0.529. The molecule has 2 aromatic carbocycles. The zero-order valence-corrected chi connectivity index (χ0v) is 25.4. The number of hydrogen-bond donors (Lipinski definition) is 1. The van der Waals surface area contributed by atoms with Crippen molar-refractivity contribution in [3.05, 3.63) is 70.7 Å². The normalized spacial score (nSPS) is 17.6. The summed E-state index contributed by atoms with van der Waals surface area (Å²) in [5.41, 5.74) is 2.95. The number of carbonyl (C=O) groups is 1. The van der Waals surface area contributed by atoms with Gasteiger partial charge in [0.25, 0.3) is 0 Å². The van der Waals surface area contributed by atoms with Gasteiger partial charge in [0.2, 0.25) is 0 Å². The number of halogens is 3. The summed E-state index contributed by atoms with van der Waals surface area (Å²) in [5, 5.41) is 10.9. The molecule has 0 radical (unpaired) electrons.